The maximum Gasteiger partial charge on any atom is 0.219 e. The fourth-order valence-electron chi connectivity index (χ4n) is 1.45. The SMILES string of the molecule is CCc1ccc(Oc2ccc(F)cn2)c(N)c1. The normalized spacial score (nSPS) is 10.2. The topological polar surface area (TPSA) is 48.1 Å². The highest BCUT2D eigenvalue weighted by molar-refractivity contribution is 5.55. The van der Waals surface area contributed by atoms with E-state index in [0.717, 1.165) is 18.2 Å². The number of nitrogens with zero attached hydrogens (tertiary/aromatic N) is 1. The molecule has 2 aromatic rings. The molecular formula is C13H13FN2O. The number of pyridine rings is 1. The molecule has 0 atom stereocenters. The number of nitrogens with two attached hydrogens (primary N) is 1. The Hall–Kier alpha value is -2.10. The van der Waals surface area contributed by atoms with Crippen molar-refractivity contribution in [1.82, 2.24) is 4.98 Å². The van der Waals surface area contributed by atoms with E-state index >= 15 is 0 Å². The Morgan fingerprint density at radius 2 is 2.12 bits per heavy atom. The van der Waals surface area contributed by atoms with Gasteiger partial charge in [0.25, 0.3) is 0 Å². The predicted octanol–water partition coefficient (Wildman–Crippen LogP) is 3.16. The van der Waals surface area contributed by atoms with Crippen LogP contribution in [0.5, 0.6) is 11.6 Å². The molecule has 0 spiro atoms. The van der Waals surface area contributed by atoms with Gasteiger partial charge in [0.15, 0.2) is 5.75 Å². The monoisotopic (exact) mass is 232 g/mol. The zero-order chi connectivity index (χ0) is 12.3. The lowest BCUT2D eigenvalue weighted by atomic mass is 10.1. The van der Waals surface area contributed by atoms with Crippen molar-refractivity contribution in [3.8, 4) is 11.6 Å². The second kappa shape index (κ2) is 4.82. The summed E-state index contributed by atoms with van der Waals surface area (Å²) in [5.41, 5.74) is 7.54. The highest BCUT2D eigenvalue weighted by atomic mass is 19.1. The summed E-state index contributed by atoms with van der Waals surface area (Å²) in [6.45, 7) is 2.05. The average molecular weight is 232 g/mol. The van der Waals surface area contributed by atoms with E-state index < -0.39 is 5.82 Å². The second-order valence-electron chi connectivity index (χ2n) is 3.64. The standard InChI is InChI=1S/C13H13FN2O/c1-2-9-3-5-12(11(15)7-9)17-13-6-4-10(14)8-16-13/h3-8H,2,15H2,1H3. The van der Waals surface area contributed by atoms with E-state index in [1.54, 1.807) is 6.07 Å². The molecule has 4 heteroatoms. The highest BCUT2D eigenvalue weighted by Crippen LogP contribution is 2.27. The van der Waals surface area contributed by atoms with Gasteiger partial charge in [-0.15, -0.1) is 0 Å². The lowest BCUT2D eigenvalue weighted by Crippen LogP contribution is -1.95. The van der Waals surface area contributed by atoms with Gasteiger partial charge in [-0.2, -0.15) is 0 Å². The summed E-state index contributed by atoms with van der Waals surface area (Å²) in [4.78, 5) is 3.80. The van der Waals surface area contributed by atoms with Gasteiger partial charge in [-0.1, -0.05) is 13.0 Å². The number of nitrogen functional groups attached to an aromatic ring is 1. The van der Waals surface area contributed by atoms with Crippen LogP contribution < -0.4 is 10.5 Å². The van der Waals surface area contributed by atoms with Gasteiger partial charge in [-0.25, -0.2) is 9.37 Å². The molecule has 2 rings (SSSR count). The van der Waals surface area contributed by atoms with Crippen molar-refractivity contribution >= 4 is 5.69 Å². The number of benzene rings is 1. The molecule has 0 bridgehead atoms. The van der Waals surface area contributed by atoms with Gasteiger partial charge in [0.2, 0.25) is 5.88 Å². The summed E-state index contributed by atoms with van der Waals surface area (Å²) >= 11 is 0. The Morgan fingerprint density at radius 1 is 1.29 bits per heavy atom. The summed E-state index contributed by atoms with van der Waals surface area (Å²) < 4.78 is 18.1. The number of hydrogen-bond donors (Lipinski definition) is 1. The number of ether oxygens (including phenoxy) is 1. The predicted molar refractivity (Wildman–Crippen MR) is 64.5 cm³/mol. The summed E-state index contributed by atoms with van der Waals surface area (Å²) in [5.74, 6) is 0.454. The molecule has 2 N–H and O–H groups in total. The molecule has 0 unspecified atom stereocenters. The van der Waals surface area contributed by atoms with Gasteiger partial charge in [0.1, 0.15) is 5.82 Å². The minimum Gasteiger partial charge on any atom is -0.437 e. The molecule has 1 aromatic heterocycles. The zero-order valence-corrected chi connectivity index (χ0v) is 9.48. The number of anilines is 1. The fourth-order valence-corrected chi connectivity index (χ4v) is 1.45. The molecule has 88 valence electrons. The number of hydrogen-bond acceptors (Lipinski definition) is 3. The first-order valence-corrected chi connectivity index (χ1v) is 5.37. The first-order valence-electron chi connectivity index (χ1n) is 5.37. The molecule has 3 nitrogen and oxygen atoms in total. The van der Waals surface area contributed by atoms with Crippen LogP contribution in [-0.4, -0.2) is 4.98 Å². The van der Waals surface area contributed by atoms with Crippen molar-refractivity contribution < 1.29 is 9.13 Å². The smallest absolute Gasteiger partial charge is 0.219 e. The molecule has 0 aliphatic carbocycles. The van der Waals surface area contributed by atoms with Crippen LogP contribution in [0, 0.1) is 5.82 Å². The highest BCUT2D eigenvalue weighted by Gasteiger charge is 2.04. The van der Waals surface area contributed by atoms with Crippen LogP contribution in [0.2, 0.25) is 0 Å². The van der Waals surface area contributed by atoms with Crippen LogP contribution in [0.15, 0.2) is 36.5 Å². The van der Waals surface area contributed by atoms with E-state index in [-0.39, 0.29) is 0 Å². The van der Waals surface area contributed by atoms with E-state index in [2.05, 4.69) is 11.9 Å². The minimum absolute atomic E-state index is 0.322. The summed E-state index contributed by atoms with van der Waals surface area (Å²) in [6.07, 6.45) is 2.02. The molecule has 0 aliphatic heterocycles. The van der Waals surface area contributed by atoms with Crippen molar-refractivity contribution in [2.45, 2.75) is 13.3 Å². The molecule has 1 aromatic carbocycles. The van der Waals surface area contributed by atoms with Crippen LogP contribution in [0.1, 0.15) is 12.5 Å². The van der Waals surface area contributed by atoms with Crippen LogP contribution in [0.3, 0.4) is 0 Å². The molecule has 0 saturated heterocycles. The molecule has 0 radical (unpaired) electrons. The minimum atomic E-state index is -0.397. The molecule has 0 aliphatic rings. The quantitative estimate of drug-likeness (QED) is 0.827. The molecule has 1 heterocycles. The molecule has 0 saturated carbocycles. The van der Waals surface area contributed by atoms with Crippen molar-refractivity contribution in [3.63, 3.8) is 0 Å². The molecular weight excluding hydrogens is 219 g/mol. The third-order valence-corrected chi connectivity index (χ3v) is 2.40. The average Bonchev–Trinajstić information content (AvgIpc) is 2.34. The van der Waals surface area contributed by atoms with Gasteiger partial charge >= 0.3 is 0 Å². The maximum atomic E-state index is 12.7. The molecule has 0 amide bonds. The van der Waals surface area contributed by atoms with Gasteiger partial charge in [0.05, 0.1) is 11.9 Å². The number of aromatic nitrogens is 1. The van der Waals surface area contributed by atoms with Crippen molar-refractivity contribution in [2.75, 3.05) is 5.73 Å². The molecule has 0 fully saturated rings. The third-order valence-electron chi connectivity index (χ3n) is 2.40. The van der Waals surface area contributed by atoms with Gasteiger partial charge < -0.3 is 10.5 Å². The van der Waals surface area contributed by atoms with Crippen LogP contribution >= 0.6 is 0 Å². The van der Waals surface area contributed by atoms with E-state index in [1.165, 1.54) is 12.1 Å². The largest absolute Gasteiger partial charge is 0.437 e. The Morgan fingerprint density at radius 3 is 2.71 bits per heavy atom. The fraction of sp³-hybridized carbons (Fsp3) is 0.154. The second-order valence-corrected chi connectivity index (χ2v) is 3.64. The van der Waals surface area contributed by atoms with Crippen LogP contribution in [0.25, 0.3) is 0 Å². The number of rotatable bonds is 3. The summed E-state index contributed by atoms with van der Waals surface area (Å²) in [7, 11) is 0. The van der Waals surface area contributed by atoms with Gasteiger partial charge in [0, 0.05) is 6.07 Å². The number of aryl methyl sites for hydroxylation is 1. The van der Waals surface area contributed by atoms with Crippen molar-refractivity contribution in [1.29, 1.82) is 0 Å². The van der Waals surface area contributed by atoms with Crippen molar-refractivity contribution in [3.05, 3.63) is 47.9 Å². The Bertz CT molecular complexity index is 511. The molecule has 17 heavy (non-hydrogen) atoms. The first-order chi connectivity index (χ1) is 8.19. The number of halogens is 1. The van der Waals surface area contributed by atoms with Gasteiger partial charge in [-0.05, 0) is 30.2 Å². The Labute approximate surface area is 99.1 Å². The lowest BCUT2D eigenvalue weighted by molar-refractivity contribution is 0.461. The van der Waals surface area contributed by atoms with E-state index in [9.17, 15) is 4.39 Å². The third kappa shape index (κ3) is 2.72. The van der Waals surface area contributed by atoms with E-state index in [1.807, 2.05) is 12.1 Å². The van der Waals surface area contributed by atoms with Crippen LogP contribution in [0.4, 0.5) is 10.1 Å². The maximum absolute atomic E-state index is 12.7. The Kier molecular flexibility index (Phi) is 3.23. The lowest BCUT2D eigenvalue weighted by Gasteiger charge is -2.08. The van der Waals surface area contributed by atoms with Crippen LogP contribution in [-0.2, 0) is 6.42 Å². The van der Waals surface area contributed by atoms with Gasteiger partial charge in [-0.3, -0.25) is 0 Å². The summed E-state index contributed by atoms with van der Waals surface area (Å²) in [5, 5.41) is 0. The van der Waals surface area contributed by atoms with E-state index in [0.29, 0.717) is 17.3 Å². The zero-order valence-electron chi connectivity index (χ0n) is 9.48. The van der Waals surface area contributed by atoms with E-state index in [4.69, 9.17) is 10.5 Å². The Balaban J connectivity index is 2.21. The first kappa shape index (κ1) is 11.4. The summed E-state index contributed by atoms with van der Waals surface area (Å²) in [6, 6.07) is 8.34. The van der Waals surface area contributed by atoms with Crippen molar-refractivity contribution in [2.24, 2.45) is 0 Å².